The van der Waals surface area contributed by atoms with E-state index in [2.05, 4.69) is 4.98 Å². The molecule has 0 spiro atoms. The summed E-state index contributed by atoms with van der Waals surface area (Å²) in [4.78, 5) is 20.1. The van der Waals surface area contributed by atoms with Gasteiger partial charge in [-0.15, -0.1) is 0 Å². The number of nitrogens with one attached hydrogen (secondary N) is 1. The smallest absolute Gasteiger partial charge is 0.329 e. The van der Waals surface area contributed by atoms with Gasteiger partial charge in [-0.05, 0) is 6.42 Å². The highest BCUT2D eigenvalue weighted by Crippen LogP contribution is 2.42. The number of fused-ring (bicyclic) bond motifs is 1. The largest absolute Gasteiger partial charge is 0.493 e. The molecule has 1 unspecified atom stereocenters. The third-order valence-corrected chi connectivity index (χ3v) is 5.68. The van der Waals surface area contributed by atoms with Crippen molar-refractivity contribution in [1.29, 1.82) is 5.41 Å². The van der Waals surface area contributed by atoms with Gasteiger partial charge in [0.2, 0.25) is 0 Å². The van der Waals surface area contributed by atoms with Crippen LogP contribution in [0.5, 0.6) is 11.5 Å². The summed E-state index contributed by atoms with van der Waals surface area (Å²) in [5.74, 6) is -2.46. The number of nitrogens with zero attached hydrogens (tertiary/aromatic N) is 3. The molecule has 1 atom stereocenters. The zero-order chi connectivity index (χ0) is 23.0. The van der Waals surface area contributed by atoms with E-state index in [-0.39, 0.29) is 41.9 Å². The van der Waals surface area contributed by atoms with E-state index < -0.39 is 23.4 Å². The van der Waals surface area contributed by atoms with Crippen LogP contribution in [0.1, 0.15) is 17.5 Å². The van der Waals surface area contributed by atoms with Crippen LogP contribution in [0.4, 0.5) is 30.8 Å². The number of ether oxygens (including phenoxy) is 3. The van der Waals surface area contributed by atoms with Crippen LogP contribution in [-0.2, 0) is 11.3 Å². The number of halogens is 2. The molecule has 1 aromatic carbocycles. The lowest BCUT2D eigenvalue weighted by Crippen LogP contribution is -2.50. The zero-order valence-corrected chi connectivity index (χ0v) is 17.7. The maximum atomic E-state index is 15.2. The van der Waals surface area contributed by atoms with Gasteiger partial charge in [0, 0.05) is 43.1 Å². The van der Waals surface area contributed by atoms with Gasteiger partial charge in [-0.1, -0.05) is 0 Å². The van der Waals surface area contributed by atoms with Crippen LogP contribution >= 0.6 is 0 Å². The van der Waals surface area contributed by atoms with Gasteiger partial charge in [0.25, 0.3) is 0 Å². The van der Waals surface area contributed by atoms with Crippen molar-refractivity contribution in [2.75, 3.05) is 49.5 Å². The number of carbonyl (C=O) groups excluding carboxylic acids is 1. The molecule has 11 heteroatoms. The van der Waals surface area contributed by atoms with Gasteiger partial charge >= 0.3 is 6.03 Å². The van der Waals surface area contributed by atoms with Crippen molar-refractivity contribution in [1.82, 2.24) is 4.98 Å². The second-order valence-corrected chi connectivity index (χ2v) is 7.54. The number of carbonyl (C=O) groups is 1. The summed E-state index contributed by atoms with van der Waals surface area (Å²) in [5.41, 5.74) is 6.55. The molecule has 2 amide bonds. The highest BCUT2D eigenvalue weighted by atomic mass is 19.1. The number of urea groups is 1. The maximum Gasteiger partial charge on any atom is 0.329 e. The Morgan fingerprint density at radius 2 is 1.97 bits per heavy atom. The van der Waals surface area contributed by atoms with Gasteiger partial charge < -0.3 is 25.4 Å². The Morgan fingerprint density at radius 3 is 2.53 bits per heavy atom. The second kappa shape index (κ2) is 8.58. The molecule has 0 aliphatic carbocycles. The fourth-order valence-corrected chi connectivity index (χ4v) is 4.07. The molecule has 170 valence electrons. The summed E-state index contributed by atoms with van der Waals surface area (Å²) < 4.78 is 45.9. The summed E-state index contributed by atoms with van der Waals surface area (Å²) in [6.45, 7) is 1.08. The van der Waals surface area contributed by atoms with Gasteiger partial charge in [-0.2, -0.15) is 0 Å². The van der Waals surface area contributed by atoms with E-state index >= 15 is 8.78 Å². The van der Waals surface area contributed by atoms with Gasteiger partial charge in [0.15, 0.2) is 23.1 Å². The summed E-state index contributed by atoms with van der Waals surface area (Å²) in [7, 11) is 2.48. The third kappa shape index (κ3) is 3.48. The normalized spacial score (nSPS) is 18.0. The van der Waals surface area contributed by atoms with Crippen LogP contribution in [0.15, 0.2) is 12.3 Å². The number of amides is 2. The number of nitrogens with two attached hydrogens (primary N) is 1. The number of nitrogen functional groups attached to an aromatic ring is 1. The second-order valence-electron chi connectivity index (χ2n) is 7.54. The molecule has 1 saturated heterocycles. The maximum absolute atomic E-state index is 15.2. The molecule has 2 aliphatic heterocycles. The molecule has 1 aromatic heterocycles. The monoisotopic (exact) mass is 447 g/mol. The lowest BCUT2D eigenvalue weighted by atomic mass is 10.0. The van der Waals surface area contributed by atoms with E-state index in [0.29, 0.717) is 24.5 Å². The van der Waals surface area contributed by atoms with Crippen LogP contribution in [0.2, 0.25) is 0 Å². The SMILES string of the molecule is COc1cc(OC)c(F)c(N2Cc3cnc(N)c(C=N)c3N(CC3CCOC3)C2=O)c1F. The lowest BCUT2D eigenvalue weighted by molar-refractivity contribution is 0.186. The Morgan fingerprint density at radius 1 is 1.28 bits per heavy atom. The van der Waals surface area contributed by atoms with Crippen molar-refractivity contribution in [3.8, 4) is 11.5 Å². The Hall–Kier alpha value is -3.47. The molecule has 3 N–H and O–H groups in total. The minimum Gasteiger partial charge on any atom is -0.493 e. The average Bonchev–Trinajstić information content (AvgIpc) is 3.30. The number of aromatic nitrogens is 1. The van der Waals surface area contributed by atoms with Gasteiger partial charge in [0.1, 0.15) is 11.5 Å². The van der Waals surface area contributed by atoms with Crippen LogP contribution < -0.4 is 25.0 Å². The predicted molar refractivity (Wildman–Crippen MR) is 114 cm³/mol. The third-order valence-electron chi connectivity index (χ3n) is 5.68. The molecule has 2 aromatic rings. The number of hydrogen-bond donors (Lipinski definition) is 2. The van der Waals surface area contributed by atoms with Gasteiger partial charge in [-0.3, -0.25) is 9.80 Å². The van der Waals surface area contributed by atoms with Crippen molar-refractivity contribution in [3.63, 3.8) is 0 Å². The van der Waals surface area contributed by atoms with E-state index in [4.69, 9.17) is 25.4 Å². The summed E-state index contributed by atoms with van der Waals surface area (Å²) in [6, 6.07) is 0.422. The van der Waals surface area contributed by atoms with Crippen LogP contribution in [-0.4, -0.2) is 51.2 Å². The van der Waals surface area contributed by atoms with E-state index in [1.54, 1.807) is 0 Å². The lowest BCUT2D eigenvalue weighted by Gasteiger charge is -2.39. The van der Waals surface area contributed by atoms with E-state index in [0.717, 1.165) is 23.6 Å². The number of anilines is 3. The first-order valence-electron chi connectivity index (χ1n) is 9.95. The molecule has 2 aliphatic rings. The number of hydrogen-bond acceptors (Lipinski definition) is 7. The zero-order valence-electron chi connectivity index (χ0n) is 17.7. The molecule has 0 radical (unpaired) electrons. The minimum absolute atomic E-state index is 0.0225. The number of pyridine rings is 1. The van der Waals surface area contributed by atoms with E-state index in [1.165, 1.54) is 25.3 Å². The molecule has 0 bridgehead atoms. The molecular formula is C21H23F2N5O4. The number of benzene rings is 1. The highest BCUT2D eigenvalue weighted by molar-refractivity contribution is 6.10. The molecule has 32 heavy (non-hydrogen) atoms. The molecule has 3 heterocycles. The average molecular weight is 447 g/mol. The van der Waals surface area contributed by atoms with E-state index in [9.17, 15) is 4.79 Å². The van der Waals surface area contributed by atoms with Crippen molar-refractivity contribution >= 4 is 29.4 Å². The van der Waals surface area contributed by atoms with Crippen LogP contribution in [0.3, 0.4) is 0 Å². The first kappa shape index (κ1) is 21.8. The van der Waals surface area contributed by atoms with Gasteiger partial charge in [0.05, 0.1) is 38.6 Å². The first-order chi connectivity index (χ1) is 15.4. The van der Waals surface area contributed by atoms with Gasteiger partial charge in [-0.25, -0.2) is 18.6 Å². The number of methoxy groups -OCH3 is 2. The number of rotatable bonds is 6. The van der Waals surface area contributed by atoms with Crippen LogP contribution in [0, 0.1) is 23.0 Å². The van der Waals surface area contributed by atoms with Crippen molar-refractivity contribution < 1.29 is 27.8 Å². The summed E-state index contributed by atoms with van der Waals surface area (Å²) >= 11 is 0. The molecule has 4 rings (SSSR count). The summed E-state index contributed by atoms with van der Waals surface area (Å²) in [6.07, 6.45) is 3.20. The molecule has 0 saturated carbocycles. The fourth-order valence-electron chi connectivity index (χ4n) is 4.07. The van der Waals surface area contributed by atoms with E-state index in [1.807, 2.05) is 0 Å². The summed E-state index contributed by atoms with van der Waals surface area (Å²) in [5, 5.41) is 7.78. The topological polar surface area (TPSA) is 114 Å². The molecular weight excluding hydrogens is 424 g/mol. The fraction of sp³-hybridized carbons (Fsp3) is 0.381. The Bertz CT molecular complexity index is 1050. The quantitative estimate of drug-likeness (QED) is 0.658. The minimum atomic E-state index is -1.03. The Kier molecular flexibility index (Phi) is 5.83. The van der Waals surface area contributed by atoms with Crippen molar-refractivity contribution in [3.05, 3.63) is 35.0 Å². The molecule has 1 fully saturated rings. The Labute approximate surface area is 183 Å². The Balaban J connectivity index is 1.88. The van der Waals surface area contributed by atoms with Crippen molar-refractivity contribution in [2.45, 2.75) is 13.0 Å². The van der Waals surface area contributed by atoms with Crippen LogP contribution in [0.25, 0.3) is 0 Å². The molecule has 9 nitrogen and oxygen atoms in total. The van der Waals surface area contributed by atoms with Crippen molar-refractivity contribution in [2.24, 2.45) is 5.92 Å². The first-order valence-corrected chi connectivity index (χ1v) is 9.95. The highest BCUT2D eigenvalue weighted by Gasteiger charge is 2.39. The standard InChI is InChI=1S/C21H23F2N5O4/c1-30-14-5-15(31-2)17(23)19(16(14)22)28-9-12-7-26-20(25)13(6-24)18(12)27(21(28)29)8-11-3-4-32-10-11/h5-7,11,24H,3-4,8-10H2,1-2H3,(H2,25,26). The predicted octanol–water partition coefficient (Wildman–Crippen LogP) is 2.94.